The molecule has 0 spiro atoms. The highest BCUT2D eigenvalue weighted by Crippen LogP contribution is 2.41. The molecule has 27 heavy (non-hydrogen) atoms. The minimum atomic E-state index is -5.07. The zero-order valence-corrected chi connectivity index (χ0v) is 15.2. The average Bonchev–Trinajstić information content (AvgIpc) is 2.98. The Kier molecular flexibility index (Phi) is 4.58. The molecule has 0 aliphatic heterocycles. The second-order valence-electron chi connectivity index (χ2n) is 5.64. The first kappa shape index (κ1) is 19.4. The predicted molar refractivity (Wildman–Crippen MR) is 86.0 cm³/mol. The van der Waals surface area contributed by atoms with Crippen LogP contribution < -0.4 is 4.74 Å². The first-order valence-electron chi connectivity index (χ1n) is 7.21. The van der Waals surface area contributed by atoms with Crippen molar-refractivity contribution >= 4 is 21.6 Å². The molecular formula is C15H10BrF5N4O2. The molecule has 12 heteroatoms. The lowest BCUT2D eigenvalue weighted by Gasteiger charge is -2.26. The normalized spacial score (nSPS) is 14.4. The van der Waals surface area contributed by atoms with Gasteiger partial charge in [0.05, 0.1) is 13.3 Å². The van der Waals surface area contributed by atoms with Crippen molar-refractivity contribution in [2.45, 2.75) is 18.7 Å². The number of alkyl halides is 3. The van der Waals surface area contributed by atoms with Gasteiger partial charge < -0.3 is 9.84 Å². The lowest BCUT2D eigenvalue weighted by Crippen LogP contribution is -2.40. The van der Waals surface area contributed by atoms with E-state index in [1.54, 1.807) is 0 Å². The Labute approximate surface area is 156 Å². The molecule has 0 saturated carbocycles. The number of hydrogen-bond acceptors (Lipinski definition) is 5. The number of aromatic nitrogens is 4. The molecule has 3 heterocycles. The molecule has 144 valence electrons. The molecule has 1 unspecified atom stereocenters. The third-order valence-corrected chi connectivity index (χ3v) is 4.38. The van der Waals surface area contributed by atoms with Gasteiger partial charge in [0.1, 0.15) is 27.4 Å². The van der Waals surface area contributed by atoms with Crippen LogP contribution >= 0.6 is 15.9 Å². The lowest BCUT2D eigenvalue weighted by atomic mass is 10.0. The van der Waals surface area contributed by atoms with Crippen LogP contribution in [0.15, 0.2) is 22.9 Å². The number of rotatable bonds is 3. The summed E-state index contributed by atoms with van der Waals surface area (Å²) in [7, 11) is 1.10. The van der Waals surface area contributed by atoms with Gasteiger partial charge >= 0.3 is 6.18 Å². The Hall–Kier alpha value is -2.34. The summed E-state index contributed by atoms with van der Waals surface area (Å²) in [5.74, 6) is -2.39. The van der Waals surface area contributed by atoms with Crippen molar-refractivity contribution in [3.8, 4) is 17.1 Å². The molecule has 6 nitrogen and oxygen atoms in total. The molecule has 0 radical (unpaired) electrons. The Balaban J connectivity index is 2.31. The topological polar surface area (TPSA) is 72.5 Å². The number of pyridine rings is 1. The van der Waals surface area contributed by atoms with Crippen LogP contribution in [0.25, 0.3) is 17.0 Å². The molecule has 0 aliphatic carbocycles. The van der Waals surface area contributed by atoms with Crippen LogP contribution in [0, 0.1) is 11.6 Å². The van der Waals surface area contributed by atoms with Gasteiger partial charge in [0, 0.05) is 12.1 Å². The van der Waals surface area contributed by atoms with Gasteiger partial charge in [-0.1, -0.05) is 0 Å². The van der Waals surface area contributed by atoms with Gasteiger partial charge in [-0.05, 0) is 22.9 Å². The highest BCUT2D eigenvalue weighted by atomic mass is 79.9. The standard InChI is InChI=1S/C15H10BrF5N4O2/c1-14(26,15(19,20)21)12-9(27-2)4-10-22-5-8(25(10)24-12)11-6(17)3-7(18)13(16)23-11/h3-5,26H,1-2H3. The summed E-state index contributed by atoms with van der Waals surface area (Å²) in [6, 6.07) is 1.66. The van der Waals surface area contributed by atoms with Gasteiger partial charge in [-0.3, -0.25) is 0 Å². The van der Waals surface area contributed by atoms with Gasteiger partial charge in [0.2, 0.25) is 5.60 Å². The smallest absolute Gasteiger partial charge is 0.422 e. The molecule has 1 N–H and O–H groups in total. The molecule has 0 aliphatic rings. The van der Waals surface area contributed by atoms with Crippen LogP contribution in [-0.2, 0) is 5.60 Å². The first-order chi connectivity index (χ1) is 12.5. The van der Waals surface area contributed by atoms with Crippen LogP contribution in [0.2, 0.25) is 0 Å². The Bertz CT molecular complexity index is 1040. The summed E-state index contributed by atoms with van der Waals surface area (Å²) in [6.07, 6.45) is -3.96. The van der Waals surface area contributed by atoms with E-state index < -0.39 is 34.8 Å². The molecule has 3 rings (SSSR count). The monoisotopic (exact) mass is 452 g/mol. The van der Waals surface area contributed by atoms with E-state index in [1.807, 2.05) is 0 Å². The van der Waals surface area contributed by atoms with Gasteiger partial charge in [-0.2, -0.15) is 18.3 Å². The summed E-state index contributed by atoms with van der Waals surface area (Å²) in [6.45, 7) is 0.508. The SMILES string of the molecule is COc1cc2ncc(-c3nc(Br)c(F)cc3F)n2nc1C(C)(O)C(F)(F)F. The van der Waals surface area contributed by atoms with Gasteiger partial charge in [0.15, 0.2) is 17.3 Å². The van der Waals surface area contributed by atoms with Crippen molar-refractivity contribution in [1.29, 1.82) is 0 Å². The zero-order valence-electron chi connectivity index (χ0n) is 13.6. The Morgan fingerprint density at radius 3 is 2.44 bits per heavy atom. The average molecular weight is 453 g/mol. The van der Waals surface area contributed by atoms with E-state index >= 15 is 0 Å². The van der Waals surface area contributed by atoms with Crippen LogP contribution in [0.5, 0.6) is 5.75 Å². The molecule has 3 aromatic heterocycles. The summed E-state index contributed by atoms with van der Waals surface area (Å²) >= 11 is 2.81. The fourth-order valence-electron chi connectivity index (χ4n) is 2.31. The molecule has 0 aromatic carbocycles. The highest BCUT2D eigenvalue weighted by Gasteiger charge is 2.54. The van der Waals surface area contributed by atoms with E-state index in [0.717, 1.165) is 23.9 Å². The Morgan fingerprint density at radius 1 is 1.19 bits per heavy atom. The van der Waals surface area contributed by atoms with Crippen molar-refractivity contribution in [3.63, 3.8) is 0 Å². The fraction of sp³-hybridized carbons (Fsp3) is 0.267. The van der Waals surface area contributed by atoms with Crippen molar-refractivity contribution in [1.82, 2.24) is 19.6 Å². The molecule has 0 bridgehead atoms. The van der Waals surface area contributed by atoms with Gasteiger partial charge in [-0.25, -0.2) is 23.3 Å². The summed E-state index contributed by atoms with van der Waals surface area (Å²) < 4.78 is 72.8. The number of fused-ring (bicyclic) bond motifs is 1. The molecule has 0 fully saturated rings. The van der Waals surface area contributed by atoms with Crippen LogP contribution in [0.3, 0.4) is 0 Å². The van der Waals surface area contributed by atoms with Crippen molar-refractivity contribution < 1.29 is 31.8 Å². The maximum atomic E-state index is 14.1. The van der Waals surface area contributed by atoms with Crippen molar-refractivity contribution in [2.75, 3.05) is 7.11 Å². The maximum Gasteiger partial charge on any atom is 0.422 e. The predicted octanol–water partition coefficient (Wildman–Crippen LogP) is 3.61. The van der Waals surface area contributed by atoms with E-state index in [0.29, 0.717) is 13.0 Å². The van der Waals surface area contributed by atoms with Crippen molar-refractivity contribution in [2.24, 2.45) is 0 Å². The quantitative estimate of drug-likeness (QED) is 0.485. The number of ether oxygens (including phenoxy) is 1. The number of methoxy groups -OCH3 is 1. The fourth-order valence-corrected chi connectivity index (χ4v) is 2.60. The molecule has 0 saturated heterocycles. The molecule has 0 amide bonds. The van der Waals surface area contributed by atoms with E-state index in [2.05, 4.69) is 31.0 Å². The molecular weight excluding hydrogens is 443 g/mol. The number of imidazole rings is 1. The number of hydrogen-bond donors (Lipinski definition) is 1. The third-order valence-electron chi connectivity index (χ3n) is 3.82. The van der Waals surface area contributed by atoms with Gasteiger partial charge in [0.25, 0.3) is 0 Å². The number of nitrogens with zero attached hydrogens (tertiary/aromatic N) is 4. The summed E-state index contributed by atoms with van der Waals surface area (Å²) in [4.78, 5) is 7.62. The largest absolute Gasteiger partial charge is 0.495 e. The van der Waals surface area contributed by atoms with E-state index in [1.165, 1.54) is 0 Å². The molecule has 3 aromatic rings. The first-order valence-corrected chi connectivity index (χ1v) is 8.01. The van der Waals surface area contributed by atoms with E-state index in [4.69, 9.17) is 4.74 Å². The number of halogens is 6. The van der Waals surface area contributed by atoms with E-state index in [9.17, 15) is 27.1 Å². The minimum absolute atomic E-state index is 0.00484. The number of aliphatic hydroxyl groups is 1. The van der Waals surface area contributed by atoms with Gasteiger partial charge in [-0.15, -0.1) is 0 Å². The summed E-state index contributed by atoms with van der Waals surface area (Å²) in [5, 5.41) is 13.7. The van der Waals surface area contributed by atoms with Crippen LogP contribution in [-0.4, -0.2) is 38.0 Å². The van der Waals surface area contributed by atoms with E-state index in [-0.39, 0.29) is 21.7 Å². The second-order valence-corrected chi connectivity index (χ2v) is 6.39. The zero-order chi connectivity index (χ0) is 20.1. The van der Waals surface area contributed by atoms with Crippen molar-refractivity contribution in [3.05, 3.63) is 40.3 Å². The van der Waals surface area contributed by atoms with Crippen LogP contribution in [0.4, 0.5) is 22.0 Å². The second kappa shape index (κ2) is 6.37. The Morgan fingerprint density at radius 2 is 1.85 bits per heavy atom. The van der Waals surface area contributed by atoms with Crippen LogP contribution in [0.1, 0.15) is 12.6 Å². The molecule has 1 atom stereocenters. The third kappa shape index (κ3) is 3.12. The highest BCUT2D eigenvalue weighted by molar-refractivity contribution is 9.10. The minimum Gasteiger partial charge on any atom is -0.495 e. The summed E-state index contributed by atoms with van der Waals surface area (Å²) in [5.41, 5.74) is -4.75. The lowest BCUT2D eigenvalue weighted by molar-refractivity contribution is -0.261. The maximum absolute atomic E-state index is 14.1.